The maximum absolute atomic E-state index is 3.63. The van der Waals surface area contributed by atoms with Crippen molar-refractivity contribution in [2.45, 2.75) is 77.5 Å². The second kappa shape index (κ2) is 5.72. The molecule has 0 heterocycles. The lowest BCUT2D eigenvalue weighted by molar-refractivity contribution is 0.286. The highest BCUT2D eigenvalue weighted by Gasteiger charge is 2.21. The minimum absolute atomic E-state index is 0.634. The second-order valence-electron chi connectivity index (χ2n) is 5.19. The summed E-state index contributed by atoms with van der Waals surface area (Å²) in [5, 5.41) is 7.26. The van der Waals surface area contributed by atoms with E-state index in [1.807, 2.05) is 0 Å². The van der Waals surface area contributed by atoms with Crippen LogP contribution in [0.15, 0.2) is 0 Å². The zero-order valence-electron chi connectivity index (χ0n) is 10.1. The molecule has 1 aliphatic rings. The average Bonchev–Trinajstić information content (AvgIpc) is 2.06. The number of nitrogens with one attached hydrogen (secondary N) is 2. The fraction of sp³-hybridized carbons (Fsp3) is 1.00. The van der Waals surface area contributed by atoms with Gasteiger partial charge in [-0.2, -0.15) is 0 Å². The van der Waals surface area contributed by atoms with Gasteiger partial charge in [-0.25, -0.2) is 0 Å². The first-order valence-electron chi connectivity index (χ1n) is 6.10. The summed E-state index contributed by atoms with van der Waals surface area (Å²) in [4.78, 5) is 0. The fourth-order valence-electron chi connectivity index (χ4n) is 2.37. The maximum atomic E-state index is 3.63. The first-order valence-corrected chi connectivity index (χ1v) is 6.10. The van der Waals surface area contributed by atoms with E-state index in [4.69, 9.17) is 0 Å². The Balaban J connectivity index is 2.17. The second-order valence-corrected chi connectivity index (χ2v) is 5.19. The summed E-state index contributed by atoms with van der Waals surface area (Å²) in [6, 6.07) is 2.80. The van der Waals surface area contributed by atoms with E-state index in [1.54, 1.807) is 0 Å². The van der Waals surface area contributed by atoms with Crippen LogP contribution in [-0.2, 0) is 0 Å². The molecule has 0 saturated heterocycles. The van der Waals surface area contributed by atoms with E-state index in [2.05, 4.69) is 38.3 Å². The Morgan fingerprint density at radius 2 is 1.00 bits per heavy atom. The molecule has 84 valence electrons. The molecule has 1 fully saturated rings. The van der Waals surface area contributed by atoms with Gasteiger partial charge in [-0.15, -0.1) is 0 Å². The topological polar surface area (TPSA) is 24.1 Å². The molecule has 0 amide bonds. The molecule has 0 unspecified atom stereocenters. The van der Waals surface area contributed by atoms with E-state index >= 15 is 0 Å². The largest absolute Gasteiger partial charge is 0.312 e. The summed E-state index contributed by atoms with van der Waals surface area (Å²) in [5.74, 6) is 0. The predicted octanol–water partition coefficient (Wildman–Crippen LogP) is 2.29. The van der Waals surface area contributed by atoms with Gasteiger partial charge in [-0.05, 0) is 25.7 Å². The normalized spacial score (nSPS) is 28.7. The minimum Gasteiger partial charge on any atom is -0.312 e. The first kappa shape index (κ1) is 12.0. The Morgan fingerprint density at radius 3 is 1.21 bits per heavy atom. The molecule has 0 aromatic carbocycles. The Hall–Kier alpha value is -0.0800. The molecule has 0 bridgehead atoms. The van der Waals surface area contributed by atoms with Crippen LogP contribution in [0, 0.1) is 0 Å². The van der Waals surface area contributed by atoms with Crippen molar-refractivity contribution in [2.75, 3.05) is 0 Å². The van der Waals surface area contributed by atoms with Crippen LogP contribution in [0.2, 0.25) is 0 Å². The van der Waals surface area contributed by atoms with Crippen molar-refractivity contribution in [1.82, 2.24) is 10.6 Å². The highest BCUT2D eigenvalue weighted by Crippen LogP contribution is 2.19. The standard InChI is InChI=1S/C12H26N2/c1-9(2)13-11-5-7-12(8-6-11)14-10(3)4/h9-14H,5-8H2,1-4H3/t11-,12-. The Kier molecular flexibility index (Phi) is 4.90. The summed E-state index contributed by atoms with van der Waals surface area (Å²) in [6.07, 6.45) is 5.34. The van der Waals surface area contributed by atoms with Gasteiger partial charge in [-0.1, -0.05) is 27.7 Å². The zero-order chi connectivity index (χ0) is 10.6. The van der Waals surface area contributed by atoms with Crippen molar-refractivity contribution in [2.24, 2.45) is 0 Å². The van der Waals surface area contributed by atoms with Crippen molar-refractivity contribution in [3.63, 3.8) is 0 Å². The summed E-state index contributed by atoms with van der Waals surface area (Å²) >= 11 is 0. The number of hydrogen-bond donors (Lipinski definition) is 2. The molecule has 2 N–H and O–H groups in total. The molecule has 1 saturated carbocycles. The van der Waals surface area contributed by atoms with E-state index in [-0.39, 0.29) is 0 Å². The lowest BCUT2D eigenvalue weighted by Crippen LogP contribution is -2.43. The van der Waals surface area contributed by atoms with Gasteiger partial charge >= 0.3 is 0 Å². The van der Waals surface area contributed by atoms with Crippen molar-refractivity contribution in [3.05, 3.63) is 0 Å². The average molecular weight is 198 g/mol. The fourth-order valence-corrected chi connectivity index (χ4v) is 2.37. The number of rotatable bonds is 4. The molecule has 0 aromatic rings. The lowest BCUT2D eigenvalue weighted by atomic mass is 9.90. The molecular formula is C12H26N2. The van der Waals surface area contributed by atoms with Crippen molar-refractivity contribution in [3.8, 4) is 0 Å². The van der Waals surface area contributed by atoms with Gasteiger partial charge in [0.2, 0.25) is 0 Å². The molecule has 1 aliphatic carbocycles. The van der Waals surface area contributed by atoms with Crippen LogP contribution in [0.3, 0.4) is 0 Å². The molecule has 0 spiro atoms. The predicted molar refractivity (Wildman–Crippen MR) is 62.6 cm³/mol. The molecule has 14 heavy (non-hydrogen) atoms. The number of hydrogen-bond acceptors (Lipinski definition) is 2. The Morgan fingerprint density at radius 1 is 0.714 bits per heavy atom. The van der Waals surface area contributed by atoms with Gasteiger partial charge in [0.05, 0.1) is 0 Å². The molecule has 0 aromatic heterocycles. The summed E-state index contributed by atoms with van der Waals surface area (Å²) in [7, 11) is 0. The molecule has 0 radical (unpaired) electrons. The van der Waals surface area contributed by atoms with Crippen LogP contribution in [0.5, 0.6) is 0 Å². The molecule has 1 rings (SSSR count). The Labute approximate surface area is 88.8 Å². The van der Waals surface area contributed by atoms with E-state index in [1.165, 1.54) is 25.7 Å². The molecule has 0 atom stereocenters. The van der Waals surface area contributed by atoms with Crippen LogP contribution in [0.4, 0.5) is 0 Å². The monoisotopic (exact) mass is 198 g/mol. The SMILES string of the molecule is CC(C)N[C@H]1CC[C@H](NC(C)C)CC1. The van der Waals surface area contributed by atoms with Crippen LogP contribution in [0.25, 0.3) is 0 Å². The highest BCUT2D eigenvalue weighted by molar-refractivity contribution is 4.82. The summed E-state index contributed by atoms with van der Waals surface area (Å²) < 4.78 is 0. The van der Waals surface area contributed by atoms with Crippen LogP contribution >= 0.6 is 0 Å². The molecule has 2 heteroatoms. The van der Waals surface area contributed by atoms with Gasteiger partial charge in [0, 0.05) is 24.2 Å². The van der Waals surface area contributed by atoms with Crippen molar-refractivity contribution >= 4 is 0 Å². The third-order valence-corrected chi connectivity index (χ3v) is 2.87. The van der Waals surface area contributed by atoms with Gasteiger partial charge < -0.3 is 10.6 Å². The smallest absolute Gasteiger partial charge is 0.00705 e. The van der Waals surface area contributed by atoms with Gasteiger partial charge in [0.1, 0.15) is 0 Å². The van der Waals surface area contributed by atoms with Gasteiger partial charge in [0.25, 0.3) is 0 Å². The van der Waals surface area contributed by atoms with Crippen LogP contribution < -0.4 is 10.6 Å². The third-order valence-electron chi connectivity index (χ3n) is 2.87. The maximum Gasteiger partial charge on any atom is 0.00705 e. The highest BCUT2D eigenvalue weighted by atomic mass is 15.0. The Bertz CT molecular complexity index is 128. The van der Waals surface area contributed by atoms with E-state index in [0.717, 1.165) is 12.1 Å². The molecular weight excluding hydrogens is 172 g/mol. The molecule has 0 aliphatic heterocycles. The van der Waals surface area contributed by atoms with Crippen molar-refractivity contribution < 1.29 is 0 Å². The van der Waals surface area contributed by atoms with Crippen LogP contribution in [0.1, 0.15) is 53.4 Å². The lowest BCUT2D eigenvalue weighted by Gasteiger charge is -2.32. The third kappa shape index (κ3) is 4.43. The van der Waals surface area contributed by atoms with Crippen LogP contribution in [-0.4, -0.2) is 24.2 Å². The quantitative estimate of drug-likeness (QED) is 0.724. The van der Waals surface area contributed by atoms with E-state index in [9.17, 15) is 0 Å². The van der Waals surface area contributed by atoms with Crippen molar-refractivity contribution in [1.29, 1.82) is 0 Å². The zero-order valence-corrected chi connectivity index (χ0v) is 10.1. The first-order chi connectivity index (χ1) is 6.58. The molecule has 2 nitrogen and oxygen atoms in total. The van der Waals surface area contributed by atoms with E-state index in [0.29, 0.717) is 12.1 Å². The van der Waals surface area contributed by atoms with Gasteiger partial charge in [-0.3, -0.25) is 0 Å². The summed E-state index contributed by atoms with van der Waals surface area (Å²) in [6.45, 7) is 8.94. The minimum atomic E-state index is 0.634. The van der Waals surface area contributed by atoms with Gasteiger partial charge in [0.15, 0.2) is 0 Å². The van der Waals surface area contributed by atoms with E-state index < -0.39 is 0 Å². The summed E-state index contributed by atoms with van der Waals surface area (Å²) in [5.41, 5.74) is 0.